The molecule has 2 heterocycles. The quantitative estimate of drug-likeness (QED) is 0.178. The van der Waals surface area contributed by atoms with E-state index in [1.807, 2.05) is 24.3 Å². The number of benzene rings is 8. The first-order chi connectivity index (χ1) is 27.7. The van der Waals surface area contributed by atoms with Gasteiger partial charge in [-0.15, -0.1) is 0 Å². The van der Waals surface area contributed by atoms with E-state index in [2.05, 4.69) is 182 Å². The first-order valence-corrected chi connectivity index (χ1v) is 19.1. The minimum absolute atomic E-state index is 0.522. The minimum Gasteiger partial charge on any atom is -0.457 e. The third-order valence-corrected chi connectivity index (χ3v) is 11.4. The normalized spacial score (nSPS) is 12.9. The van der Waals surface area contributed by atoms with Crippen LogP contribution in [0.2, 0.25) is 0 Å². The monoisotopic (exact) mass is 714 g/mol. The van der Waals surface area contributed by atoms with Gasteiger partial charge in [-0.2, -0.15) is 0 Å². The Morgan fingerprint density at radius 2 is 0.768 bits per heavy atom. The van der Waals surface area contributed by atoms with Gasteiger partial charge in [0.15, 0.2) is 5.82 Å². The maximum absolute atomic E-state index is 6.71. The summed E-state index contributed by atoms with van der Waals surface area (Å²) in [4.78, 5) is 10.3. The summed E-state index contributed by atoms with van der Waals surface area (Å²) in [5.74, 6) is 2.46. The maximum Gasteiger partial charge on any atom is 0.160 e. The molecule has 0 atom stereocenters. The van der Waals surface area contributed by atoms with Crippen LogP contribution >= 0.6 is 0 Å². The number of rotatable bonds is 5. The largest absolute Gasteiger partial charge is 0.457 e. The van der Waals surface area contributed by atoms with Gasteiger partial charge in [0.2, 0.25) is 0 Å². The highest BCUT2D eigenvalue weighted by Gasteiger charge is 2.51. The molecule has 1 aliphatic carbocycles. The highest BCUT2D eigenvalue weighted by atomic mass is 16.5. The molecule has 11 rings (SSSR count). The number of fused-ring (bicyclic) bond motifs is 9. The van der Waals surface area contributed by atoms with Crippen LogP contribution in [0.15, 0.2) is 206 Å². The Labute approximate surface area is 326 Å². The molecule has 3 heteroatoms. The Hall–Kier alpha value is -7.36. The minimum atomic E-state index is -0.522. The molecule has 1 spiro atoms. The van der Waals surface area contributed by atoms with Crippen LogP contribution in [0.5, 0.6) is 11.5 Å². The molecule has 1 aromatic heterocycles. The fourth-order valence-electron chi connectivity index (χ4n) is 8.84. The highest BCUT2D eigenvalue weighted by molar-refractivity contribution is 5.89. The smallest absolute Gasteiger partial charge is 0.160 e. The van der Waals surface area contributed by atoms with E-state index in [0.29, 0.717) is 5.82 Å². The van der Waals surface area contributed by atoms with Crippen molar-refractivity contribution in [1.29, 1.82) is 0 Å². The van der Waals surface area contributed by atoms with Crippen LogP contribution in [-0.2, 0) is 5.41 Å². The zero-order valence-corrected chi connectivity index (χ0v) is 30.4. The molecule has 0 fully saturated rings. The van der Waals surface area contributed by atoms with Crippen molar-refractivity contribution in [2.75, 3.05) is 0 Å². The summed E-state index contributed by atoms with van der Waals surface area (Å²) in [6.07, 6.45) is 0. The summed E-state index contributed by atoms with van der Waals surface area (Å²) in [6.45, 7) is 0. The van der Waals surface area contributed by atoms with Crippen LogP contribution in [0.25, 0.3) is 67.3 Å². The number of para-hydroxylation sites is 1. The van der Waals surface area contributed by atoms with Crippen LogP contribution < -0.4 is 4.74 Å². The van der Waals surface area contributed by atoms with Crippen molar-refractivity contribution >= 4 is 0 Å². The predicted molar refractivity (Wildman–Crippen MR) is 227 cm³/mol. The standard InChI is InChI=1S/C53H34N2O/c1-3-15-35(16-4-1)37-19-13-21-40(31-37)48-34-49(55-52(54-48)36-17-5-2-6-18-36)41-22-14-20-38(32-41)39-29-30-51-47(33-39)53(46-27-11-12-28-50(46)56-51)44-25-9-7-23-42(44)43-24-8-10-26-45(43)53/h1-34H. The summed E-state index contributed by atoms with van der Waals surface area (Å²) in [5.41, 5.74) is 16.2. The number of aromatic nitrogens is 2. The van der Waals surface area contributed by atoms with Crippen molar-refractivity contribution in [2.24, 2.45) is 0 Å². The summed E-state index contributed by atoms with van der Waals surface area (Å²) in [6, 6.07) is 73.1. The lowest BCUT2D eigenvalue weighted by Gasteiger charge is -2.39. The Balaban J connectivity index is 1.07. The molecule has 0 bridgehead atoms. The molecule has 0 N–H and O–H groups in total. The molecule has 1 aliphatic heterocycles. The van der Waals surface area contributed by atoms with Gasteiger partial charge < -0.3 is 4.74 Å². The zero-order valence-electron chi connectivity index (χ0n) is 30.4. The second-order valence-electron chi connectivity index (χ2n) is 14.5. The molecular formula is C53H34N2O. The van der Waals surface area contributed by atoms with Crippen LogP contribution in [0.3, 0.4) is 0 Å². The molecule has 0 saturated carbocycles. The van der Waals surface area contributed by atoms with Gasteiger partial charge in [-0.25, -0.2) is 9.97 Å². The Morgan fingerprint density at radius 3 is 1.41 bits per heavy atom. The van der Waals surface area contributed by atoms with Gasteiger partial charge in [0.05, 0.1) is 16.8 Å². The summed E-state index contributed by atoms with van der Waals surface area (Å²) in [5, 5.41) is 0. The van der Waals surface area contributed by atoms with E-state index in [4.69, 9.17) is 14.7 Å². The molecule has 0 radical (unpaired) electrons. The van der Waals surface area contributed by atoms with Gasteiger partial charge in [-0.3, -0.25) is 0 Å². The lowest BCUT2D eigenvalue weighted by atomic mass is 9.66. The van der Waals surface area contributed by atoms with Crippen molar-refractivity contribution in [3.05, 3.63) is 229 Å². The van der Waals surface area contributed by atoms with Crippen LogP contribution in [0, 0.1) is 0 Å². The maximum atomic E-state index is 6.71. The first-order valence-electron chi connectivity index (χ1n) is 19.1. The van der Waals surface area contributed by atoms with Crippen molar-refractivity contribution < 1.29 is 4.74 Å². The fourth-order valence-corrected chi connectivity index (χ4v) is 8.84. The third kappa shape index (κ3) is 5.05. The van der Waals surface area contributed by atoms with E-state index in [1.54, 1.807) is 0 Å². The molecule has 8 aromatic carbocycles. The molecular weight excluding hydrogens is 681 g/mol. The molecule has 0 unspecified atom stereocenters. The second-order valence-corrected chi connectivity index (χ2v) is 14.5. The van der Waals surface area contributed by atoms with Gasteiger partial charge in [-0.05, 0) is 80.9 Å². The van der Waals surface area contributed by atoms with Gasteiger partial charge >= 0.3 is 0 Å². The fraction of sp³-hybridized carbons (Fsp3) is 0.0189. The van der Waals surface area contributed by atoms with Crippen LogP contribution in [0.1, 0.15) is 22.3 Å². The first kappa shape index (κ1) is 32.1. The van der Waals surface area contributed by atoms with Crippen LogP contribution in [0.4, 0.5) is 0 Å². The van der Waals surface area contributed by atoms with Crippen molar-refractivity contribution in [1.82, 2.24) is 9.97 Å². The van der Waals surface area contributed by atoms with E-state index in [9.17, 15) is 0 Å². The molecule has 2 aliphatic rings. The molecule has 3 nitrogen and oxygen atoms in total. The summed E-state index contributed by atoms with van der Waals surface area (Å²) >= 11 is 0. The molecule has 262 valence electrons. The van der Waals surface area contributed by atoms with Crippen LogP contribution in [-0.4, -0.2) is 9.97 Å². The van der Waals surface area contributed by atoms with Gasteiger partial charge in [0, 0.05) is 27.8 Å². The Bertz CT molecular complexity index is 2910. The molecule has 56 heavy (non-hydrogen) atoms. The third-order valence-electron chi connectivity index (χ3n) is 11.4. The Kier molecular flexibility index (Phi) is 7.39. The van der Waals surface area contributed by atoms with Crippen molar-refractivity contribution in [2.45, 2.75) is 5.41 Å². The topological polar surface area (TPSA) is 35.0 Å². The molecule has 0 amide bonds. The molecule has 0 saturated heterocycles. The number of nitrogens with zero attached hydrogens (tertiary/aromatic N) is 2. The number of ether oxygens (including phenoxy) is 1. The second kappa shape index (κ2) is 12.9. The van der Waals surface area contributed by atoms with Gasteiger partial charge in [0.25, 0.3) is 0 Å². The zero-order chi connectivity index (χ0) is 37.1. The van der Waals surface area contributed by atoms with E-state index in [0.717, 1.165) is 67.4 Å². The number of hydrogen-bond acceptors (Lipinski definition) is 3. The van der Waals surface area contributed by atoms with Gasteiger partial charge in [-0.1, -0.05) is 170 Å². The number of hydrogen-bond donors (Lipinski definition) is 0. The lowest BCUT2D eigenvalue weighted by Crippen LogP contribution is -2.32. The van der Waals surface area contributed by atoms with E-state index < -0.39 is 5.41 Å². The summed E-state index contributed by atoms with van der Waals surface area (Å²) < 4.78 is 6.71. The van der Waals surface area contributed by atoms with E-state index in [1.165, 1.54) is 27.8 Å². The average Bonchev–Trinajstić information content (AvgIpc) is 3.57. The van der Waals surface area contributed by atoms with E-state index >= 15 is 0 Å². The van der Waals surface area contributed by atoms with Crippen molar-refractivity contribution in [3.8, 4) is 78.8 Å². The highest BCUT2D eigenvalue weighted by Crippen LogP contribution is 2.62. The van der Waals surface area contributed by atoms with Gasteiger partial charge in [0.1, 0.15) is 11.5 Å². The molecule has 9 aromatic rings. The summed E-state index contributed by atoms with van der Waals surface area (Å²) in [7, 11) is 0. The average molecular weight is 715 g/mol. The lowest BCUT2D eigenvalue weighted by molar-refractivity contribution is 0.436. The predicted octanol–water partition coefficient (Wildman–Crippen LogP) is 13.3. The SMILES string of the molecule is c1ccc(-c2cccc(-c3cc(-c4cccc(-c5ccc6c(c5)C5(c7ccccc7O6)c6ccccc6-c6ccccc65)c4)nc(-c4ccccc4)n3)c2)cc1. The van der Waals surface area contributed by atoms with Crippen molar-refractivity contribution in [3.63, 3.8) is 0 Å². The van der Waals surface area contributed by atoms with E-state index in [-0.39, 0.29) is 0 Å². The Morgan fingerprint density at radius 1 is 0.304 bits per heavy atom.